The molecule has 26 heavy (non-hydrogen) atoms. The van der Waals surface area contributed by atoms with Crippen LogP contribution >= 0.6 is 0 Å². The summed E-state index contributed by atoms with van der Waals surface area (Å²) in [5.41, 5.74) is 1.78. The highest BCUT2D eigenvalue weighted by Gasteiger charge is 2.18. The van der Waals surface area contributed by atoms with Gasteiger partial charge in [0.2, 0.25) is 5.91 Å². The van der Waals surface area contributed by atoms with Gasteiger partial charge in [-0.2, -0.15) is 0 Å². The molecule has 7 nitrogen and oxygen atoms in total. The highest BCUT2D eigenvalue weighted by Crippen LogP contribution is 2.17. The molecule has 0 aliphatic carbocycles. The molecular formula is C19H28N4O3. The van der Waals surface area contributed by atoms with Gasteiger partial charge in [0.15, 0.2) is 0 Å². The summed E-state index contributed by atoms with van der Waals surface area (Å²) >= 11 is 0. The Kier molecular flexibility index (Phi) is 6.85. The number of carbonyl (C=O) groups excluding carboxylic acids is 2. The first-order valence-electron chi connectivity index (χ1n) is 9.42. The Morgan fingerprint density at radius 2 is 2.00 bits per heavy atom. The number of urea groups is 1. The zero-order valence-corrected chi connectivity index (χ0v) is 15.2. The van der Waals surface area contributed by atoms with Gasteiger partial charge in [0, 0.05) is 51.4 Å². The number of anilines is 1. The maximum Gasteiger partial charge on any atom is 0.319 e. The van der Waals surface area contributed by atoms with Crippen LogP contribution in [-0.2, 0) is 16.1 Å². The van der Waals surface area contributed by atoms with E-state index < -0.39 is 0 Å². The zero-order valence-electron chi connectivity index (χ0n) is 15.2. The normalized spacial score (nSPS) is 18.6. The Morgan fingerprint density at radius 1 is 1.15 bits per heavy atom. The molecule has 0 saturated carbocycles. The molecule has 0 radical (unpaired) electrons. The number of rotatable bonds is 6. The molecule has 7 heteroatoms. The number of hydrogen-bond donors (Lipinski definition) is 2. The van der Waals surface area contributed by atoms with Crippen LogP contribution in [0.1, 0.15) is 24.8 Å². The first kappa shape index (κ1) is 18.7. The minimum atomic E-state index is -0.204. The molecular weight excluding hydrogens is 332 g/mol. The van der Waals surface area contributed by atoms with Crippen molar-refractivity contribution in [2.75, 3.05) is 51.3 Å². The predicted molar refractivity (Wildman–Crippen MR) is 100.0 cm³/mol. The molecule has 142 valence electrons. The summed E-state index contributed by atoms with van der Waals surface area (Å²) < 4.78 is 5.31. The van der Waals surface area contributed by atoms with Crippen molar-refractivity contribution in [3.05, 3.63) is 29.8 Å². The SMILES string of the molecule is O=C(NCCN1CCOCC1)Nc1cccc(CN2CCCCC2=O)c1. The van der Waals surface area contributed by atoms with Crippen molar-refractivity contribution < 1.29 is 14.3 Å². The Balaban J connectivity index is 1.43. The van der Waals surface area contributed by atoms with Crippen LogP contribution in [0.25, 0.3) is 0 Å². The fraction of sp³-hybridized carbons (Fsp3) is 0.579. The second-order valence-electron chi connectivity index (χ2n) is 6.81. The van der Waals surface area contributed by atoms with E-state index in [1.165, 1.54) is 0 Å². The molecule has 3 rings (SSSR count). The number of hydrogen-bond acceptors (Lipinski definition) is 4. The van der Waals surface area contributed by atoms with Crippen LogP contribution in [0, 0.1) is 0 Å². The number of nitrogens with zero attached hydrogens (tertiary/aromatic N) is 2. The van der Waals surface area contributed by atoms with Crippen LogP contribution in [0.15, 0.2) is 24.3 Å². The lowest BCUT2D eigenvalue weighted by atomic mass is 10.1. The summed E-state index contributed by atoms with van der Waals surface area (Å²) in [6.45, 7) is 6.21. The fourth-order valence-corrected chi connectivity index (χ4v) is 3.32. The van der Waals surface area contributed by atoms with Gasteiger partial charge in [-0.15, -0.1) is 0 Å². The van der Waals surface area contributed by atoms with E-state index in [0.29, 0.717) is 19.5 Å². The van der Waals surface area contributed by atoms with Crippen LogP contribution in [0.3, 0.4) is 0 Å². The summed E-state index contributed by atoms with van der Waals surface area (Å²) in [5, 5.41) is 5.76. The zero-order chi connectivity index (χ0) is 18.2. The second kappa shape index (κ2) is 9.54. The minimum absolute atomic E-state index is 0.204. The van der Waals surface area contributed by atoms with Gasteiger partial charge >= 0.3 is 6.03 Å². The first-order valence-corrected chi connectivity index (χ1v) is 9.42. The van der Waals surface area contributed by atoms with Crippen molar-refractivity contribution in [3.8, 4) is 0 Å². The average Bonchev–Trinajstić information content (AvgIpc) is 2.65. The van der Waals surface area contributed by atoms with Crippen LogP contribution in [0.5, 0.6) is 0 Å². The summed E-state index contributed by atoms with van der Waals surface area (Å²) in [6.07, 6.45) is 2.69. The molecule has 0 atom stereocenters. The molecule has 0 unspecified atom stereocenters. The standard InChI is InChI=1S/C19H28N4O3/c24-18-6-1-2-8-23(18)15-16-4-3-5-17(14-16)21-19(25)20-7-9-22-10-12-26-13-11-22/h3-5,14H,1-2,6-13,15H2,(H2,20,21,25). The van der Waals surface area contributed by atoms with E-state index in [-0.39, 0.29) is 11.9 Å². The molecule has 1 aromatic carbocycles. The molecule has 0 spiro atoms. The van der Waals surface area contributed by atoms with Gasteiger partial charge in [0.25, 0.3) is 0 Å². The Bertz CT molecular complexity index is 617. The number of carbonyl (C=O) groups is 2. The molecule has 2 saturated heterocycles. The lowest BCUT2D eigenvalue weighted by molar-refractivity contribution is -0.133. The monoisotopic (exact) mass is 360 g/mol. The number of piperidine rings is 1. The summed E-state index contributed by atoms with van der Waals surface area (Å²) in [5.74, 6) is 0.218. The van der Waals surface area contributed by atoms with E-state index in [4.69, 9.17) is 4.74 Å². The van der Waals surface area contributed by atoms with Crippen molar-refractivity contribution in [1.29, 1.82) is 0 Å². The highest BCUT2D eigenvalue weighted by molar-refractivity contribution is 5.89. The van der Waals surface area contributed by atoms with Gasteiger partial charge in [-0.3, -0.25) is 9.69 Å². The minimum Gasteiger partial charge on any atom is -0.379 e. The predicted octanol–water partition coefficient (Wildman–Crippen LogP) is 1.65. The molecule has 2 N–H and O–H groups in total. The number of ether oxygens (including phenoxy) is 1. The average molecular weight is 360 g/mol. The van der Waals surface area contributed by atoms with E-state index in [9.17, 15) is 9.59 Å². The van der Waals surface area contributed by atoms with Gasteiger partial charge in [-0.25, -0.2) is 4.79 Å². The third kappa shape index (κ3) is 5.71. The molecule has 3 amide bonds. The quantitative estimate of drug-likeness (QED) is 0.809. The number of nitrogens with one attached hydrogen (secondary N) is 2. The third-order valence-corrected chi connectivity index (χ3v) is 4.80. The summed E-state index contributed by atoms with van der Waals surface area (Å²) in [7, 11) is 0. The molecule has 2 aliphatic rings. The first-order chi connectivity index (χ1) is 12.7. The van der Waals surface area contributed by atoms with E-state index >= 15 is 0 Å². The smallest absolute Gasteiger partial charge is 0.319 e. The Morgan fingerprint density at radius 3 is 2.81 bits per heavy atom. The molecule has 1 aromatic rings. The Hall–Kier alpha value is -2.12. The number of morpholine rings is 1. The van der Waals surface area contributed by atoms with Gasteiger partial charge in [0.05, 0.1) is 13.2 Å². The maximum absolute atomic E-state index is 12.1. The van der Waals surface area contributed by atoms with Crippen LogP contribution in [0.2, 0.25) is 0 Å². The second-order valence-corrected chi connectivity index (χ2v) is 6.81. The number of amides is 3. The third-order valence-electron chi connectivity index (χ3n) is 4.80. The van der Waals surface area contributed by atoms with Crippen molar-refractivity contribution in [2.45, 2.75) is 25.8 Å². The lowest BCUT2D eigenvalue weighted by Gasteiger charge is -2.27. The van der Waals surface area contributed by atoms with Gasteiger partial charge in [-0.1, -0.05) is 12.1 Å². The van der Waals surface area contributed by atoms with Crippen LogP contribution < -0.4 is 10.6 Å². The number of benzene rings is 1. The van der Waals surface area contributed by atoms with E-state index in [0.717, 1.165) is 63.5 Å². The molecule has 2 heterocycles. The molecule has 2 aliphatic heterocycles. The van der Waals surface area contributed by atoms with Crippen molar-refractivity contribution in [2.24, 2.45) is 0 Å². The molecule has 2 fully saturated rings. The van der Waals surface area contributed by atoms with Crippen LogP contribution in [0.4, 0.5) is 10.5 Å². The highest BCUT2D eigenvalue weighted by atomic mass is 16.5. The Labute approximate surface area is 154 Å². The molecule has 0 aromatic heterocycles. The fourth-order valence-electron chi connectivity index (χ4n) is 3.32. The summed E-state index contributed by atoms with van der Waals surface area (Å²) in [6, 6.07) is 7.49. The van der Waals surface area contributed by atoms with E-state index in [1.54, 1.807) is 0 Å². The lowest BCUT2D eigenvalue weighted by Crippen LogP contribution is -2.42. The van der Waals surface area contributed by atoms with Crippen molar-refractivity contribution in [1.82, 2.24) is 15.1 Å². The van der Waals surface area contributed by atoms with Crippen molar-refractivity contribution >= 4 is 17.6 Å². The summed E-state index contributed by atoms with van der Waals surface area (Å²) in [4.78, 5) is 28.2. The van der Waals surface area contributed by atoms with E-state index in [2.05, 4.69) is 15.5 Å². The van der Waals surface area contributed by atoms with Gasteiger partial charge in [0.1, 0.15) is 0 Å². The van der Waals surface area contributed by atoms with Crippen molar-refractivity contribution in [3.63, 3.8) is 0 Å². The van der Waals surface area contributed by atoms with Gasteiger partial charge < -0.3 is 20.3 Å². The number of likely N-dealkylation sites (tertiary alicyclic amines) is 1. The van der Waals surface area contributed by atoms with Crippen LogP contribution in [-0.4, -0.2) is 67.7 Å². The molecule has 0 bridgehead atoms. The largest absolute Gasteiger partial charge is 0.379 e. The topological polar surface area (TPSA) is 73.9 Å². The maximum atomic E-state index is 12.1. The van der Waals surface area contributed by atoms with Gasteiger partial charge in [-0.05, 0) is 30.5 Å². The van der Waals surface area contributed by atoms with E-state index in [1.807, 2.05) is 29.2 Å².